The molecule has 5 rings (SSSR count). The number of nitrogens with one attached hydrogen (secondary N) is 3. The van der Waals surface area contributed by atoms with Crippen molar-refractivity contribution in [2.45, 2.75) is 6.61 Å². The van der Waals surface area contributed by atoms with Crippen molar-refractivity contribution in [2.24, 2.45) is 0 Å². The van der Waals surface area contributed by atoms with Crippen molar-refractivity contribution >= 4 is 28.3 Å². The summed E-state index contributed by atoms with van der Waals surface area (Å²) in [4.78, 5) is 15.5. The molecule has 0 unspecified atom stereocenters. The fourth-order valence-electron chi connectivity index (χ4n) is 4.35. The first kappa shape index (κ1) is 25.7. The summed E-state index contributed by atoms with van der Waals surface area (Å²) in [5, 5.41) is 14.5. The van der Waals surface area contributed by atoms with Crippen LogP contribution in [0.15, 0.2) is 72.8 Å². The van der Waals surface area contributed by atoms with Gasteiger partial charge in [0.05, 0.1) is 37.5 Å². The van der Waals surface area contributed by atoms with Crippen LogP contribution in [-0.4, -0.2) is 73.6 Å². The number of aromatic amines is 1. The minimum atomic E-state index is -0.219. The highest BCUT2D eigenvalue weighted by Gasteiger charge is 2.16. The first-order valence-corrected chi connectivity index (χ1v) is 12.9. The van der Waals surface area contributed by atoms with Crippen molar-refractivity contribution in [1.29, 1.82) is 0 Å². The standard InChI is InChI=1S/C29H33N5O4/c35-29(25-8-4-5-9-26(25)30-12-13-34-14-16-36-17-15-34)31-28-24-11-10-23(20-27(24)32-33-28)38-19-18-37-21-22-6-2-1-3-7-22/h1-11,20,30H,12-19,21H2,(H2,31,32,33,35). The zero-order chi connectivity index (χ0) is 26.0. The van der Waals surface area contributed by atoms with Gasteiger partial charge in [0, 0.05) is 43.3 Å². The molecule has 0 atom stereocenters. The number of amides is 1. The Morgan fingerprint density at radius 1 is 1.00 bits per heavy atom. The highest BCUT2D eigenvalue weighted by atomic mass is 16.5. The Bertz CT molecular complexity index is 1320. The van der Waals surface area contributed by atoms with Crippen LogP contribution in [0, 0.1) is 0 Å². The molecule has 38 heavy (non-hydrogen) atoms. The van der Waals surface area contributed by atoms with Crippen molar-refractivity contribution in [3.63, 3.8) is 0 Å². The Morgan fingerprint density at radius 3 is 2.68 bits per heavy atom. The summed E-state index contributed by atoms with van der Waals surface area (Å²) in [5.41, 5.74) is 3.27. The van der Waals surface area contributed by atoms with Gasteiger partial charge >= 0.3 is 0 Å². The third-order valence-electron chi connectivity index (χ3n) is 6.39. The third kappa shape index (κ3) is 6.89. The van der Waals surface area contributed by atoms with E-state index >= 15 is 0 Å². The van der Waals surface area contributed by atoms with Crippen LogP contribution in [0.3, 0.4) is 0 Å². The van der Waals surface area contributed by atoms with Gasteiger partial charge in [-0.05, 0) is 29.8 Å². The van der Waals surface area contributed by atoms with Crippen molar-refractivity contribution in [1.82, 2.24) is 15.1 Å². The summed E-state index contributed by atoms with van der Waals surface area (Å²) < 4.78 is 16.9. The number of rotatable bonds is 12. The molecule has 1 saturated heterocycles. The fourth-order valence-corrected chi connectivity index (χ4v) is 4.35. The molecule has 1 aromatic heterocycles. The second kappa shape index (κ2) is 13.0. The monoisotopic (exact) mass is 515 g/mol. The maximum Gasteiger partial charge on any atom is 0.258 e. The smallest absolute Gasteiger partial charge is 0.258 e. The van der Waals surface area contributed by atoms with E-state index in [0.29, 0.717) is 37.0 Å². The van der Waals surface area contributed by atoms with Crippen LogP contribution in [-0.2, 0) is 16.1 Å². The second-order valence-electron chi connectivity index (χ2n) is 9.05. The summed E-state index contributed by atoms with van der Waals surface area (Å²) in [7, 11) is 0. The molecule has 9 heteroatoms. The zero-order valence-corrected chi connectivity index (χ0v) is 21.3. The molecule has 1 amide bonds. The van der Waals surface area contributed by atoms with E-state index in [1.54, 1.807) is 0 Å². The van der Waals surface area contributed by atoms with E-state index in [9.17, 15) is 4.79 Å². The van der Waals surface area contributed by atoms with E-state index in [2.05, 4.69) is 25.7 Å². The summed E-state index contributed by atoms with van der Waals surface area (Å²) in [5.74, 6) is 0.965. The summed E-state index contributed by atoms with van der Waals surface area (Å²) in [6.45, 7) is 6.53. The predicted molar refractivity (Wildman–Crippen MR) is 148 cm³/mol. The molecule has 2 heterocycles. The lowest BCUT2D eigenvalue weighted by Crippen LogP contribution is -2.39. The number of anilines is 2. The number of fused-ring (bicyclic) bond motifs is 1. The number of para-hydroxylation sites is 1. The van der Waals surface area contributed by atoms with Crippen LogP contribution in [0.4, 0.5) is 11.5 Å². The summed E-state index contributed by atoms with van der Waals surface area (Å²) in [6.07, 6.45) is 0. The van der Waals surface area contributed by atoms with Crippen LogP contribution in [0.25, 0.3) is 10.9 Å². The molecule has 3 N–H and O–H groups in total. The van der Waals surface area contributed by atoms with E-state index in [1.807, 2.05) is 72.8 Å². The van der Waals surface area contributed by atoms with Crippen molar-refractivity contribution in [3.8, 4) is 5.75 Å². The number of ether oxygens (including phenoxy) is 3. The molecule has 0 saturated carbocycles. The lowest BCUT2D eigenvalue weighted by atomic mass is 10.1. The van der Waals surface area contributed by atoms with Gasteiger partial charge in [-0.1, -0.05) is 42.5 Å². The Labute approximate surface area is 222 Å². The maximum absolute atomic E-state index is 13.1. The number of benzene rings is 3. The molecule has 9 nitrogen and oxygen atoms in total. The minimum Gasteiger partial charge on any atom is -0.491 e. The number of aromatic nitrogens is 2. The number of hydrogen-bond acceptors (Lipinski definition) is 7. The van der Waals surface area contributed by atoms with Gasteiger partial charge in [0.1, 0.15) is 12.4 Å². The first-order valence-electron chi connectivity index (χ1n) is 12.9. The van der Waals surface area contributed by atoms with Crippen molar-refractivity contribution < 1.29 is 19.0 Å². The van der Waals surface area contributed by atoms with Gasteiger partial charge in [-0.2, -0.15) is 5.10 Å². The summed E-state index contributed by atoms with van der Waals surface area (Å²) in [6, 6.07) is 23.2. The lowest BCUT2D eigenvalue weighted by molar-refractivity contribution is 0.0398. The van der Waals surface area contributed by atoms with Crippen molar-refractivity contribution in [3.05, 3.63) is 83.9 Å². The Balaban J connectivity index is 1.13. The van der Waals surface area contributed by atoms with Crippen LogP contribution in [0.2, 0.25) is 0 Å². The maximum atomic E-state index is 13.1. The fraction of sp³-hybridized carbons (Fsp3) is 0.310. The third-order valence-corrected chi connectivity index (χ3v) is 6.39. The highest BCUT2D eigenvalue weighted by Crippen LogP contribution is 2.26. The van der Waals surface area contributed by atoms with Gasteiger partial charge in [0.15, 0.2) is 5.82 Å². The van der Waals surface area contributed by atoms with Gasteiger partial charge in [-0.15, -0.1) is 0 Å². The van der Waals surface area contributed by atoms with Crippen LogP contribution in [0.1, 0.15) is 15.9 Å². The average Bonchev–Trinajstić information content (AvgIpc) is 3.36. The summed E-state index contributed by atoms with van der Waals surface area (Å²) >= 11 is 0. The zero-order valence-electron chi connectivity index (χ0n) is 21.3. The van der Waals surface area contributed by atoms with E-state index in [-0.39, 0.29) is 5.91 Å². The quantitative estimate of drug-likeness (QED) is 0.244. The molecule has 0 radical (unpaired) electrons. The Kier molecular flexibility index (Phi) is 8.83. The van der Waals surface area contributed by atoms with E-state index < -0.39 is 0 Å². The Morgan fingerprint density at radius 2 is 1.82 bits per heavy atom. The molecule has 1 fully saturated rings. The molecule has 0 spiro atoms. The van der Waals surface area contributed by atoms with Gasteiger partial charge in [-0.25, -0.2) is 0 Å². The second-order valence-corrected chi connectivity index (χ2v) is 9.05. The van der Waals surface area contributed by atoms with E-state index in [4.69, 9.17) is 14.2 Å². The minimum absolute atomic E-state index is 0.219. The molecule has 4 aromatic rings. The number of carbonyl (C=O) groups excluding carboxylic acids is 1. The van der Waals surface area contributed by atoms with Gasteiger partial charge in [-0.3, -0.25) is 14.8 Å². The molecule has 1 aliphatic heterocycles. The predicted octanol–water partition coefficient (Wildman–Crippen LogP) is 4.15. The molecule has 198 valence electrons. The largest absolute Gasteiger partial charge is 0.491 e. The lowest BCUT2D eigenvalue weighted by Gasteiger charge is -2.26. The number of hydrogen-bond donors (Lipinski definition) is 3. The SMILES string of the molecule is O=C(Nc1n[nH]c2cc(OCCOCc3ccccc3)ccc12)c1ccccc1NCCN1CCOCC1. The number of H-pyrrole nitrogens is 1. The highest BCUT2D eigenvalue weighted by molar-refractivity contribution is 6.10. The van der Waals surface area contributed by atoms with Crippen molar-refractivity contribution in [2.75, 3.05) is 63.2 Å². The van der Waals surface area contributed by atoms with E-state index in [1.165, 1.54) is 0 Å². The van der Waals surface area contributed by atoms with Gasteiger partial charge in [0.2, 0.25) is 0 Å². The van der Waals surface area contributed by atoms with Gasteiger partial charge < -0.3 is 24.8 Å². The van der Waals surface area contributed by atoms with Crippen LogP contribution in [0.5, 0.6) is 5.75 Å². The Hall–Kier alpha value is -3.92. The molecule has 0 aliphatic carbocycles. The number of morpholine rings is 1. The van der Waals surface area contributed by atoms with Crippen LogP contribution < -0.4 is 15.4 Å². The normalized spacial score (nSPS) is 13.9. The average molecular weight is 516 g/mol. The molecular weight excluding hydrogens is 482 g/mol. The van der Waals surface area contributed by atoms with Gasteiger partial charge in [0.25, 0.3) is 5.91 Å². The topological polar surface area (TPSA) is 101 Å². The molecule has 3 aromatic carbocycles. The number of nitrogens with zero attached hydrogens (tertiary/aromatic N) is 2. The molecule has 0 bridgehead atoms. The molecular formula is C29H33N5O4. The number of carbonyl (C=O) groups is 1. The molecule has 1 aliphatic rings. The van der Waals surface area contributed by atoms with E-state index in [0.717, 1.165) is 61.5 Å². The van der Waals surface area contributed by atoms with Crippen LogP contribution >= 0.6 is 0 Å². The first-order chi connectivity index (χ1) is 18.8.